The Balaban J connectivity index is 1.83. The number of nitrogens with zero attached hydrogens (tertiary/aromatic N) is 2. The Bertz CT molecular complexity index is 1100. The van der Waals surface area contributed by atoms with E-state index in [1.807, 2.05) is 6.92 Å². The minimum atomic E-state index is -0.486. The zero-order valence-electron chi connectivity index (χ0n) is 15.5. The number of carbonyl (C=O) groups is 1. The summed E-state index contributed by atoms with van der Waals surface area (Å²) in [6.07, 6.45) is 0.745. The smallest absolute Gasteiger partial charge is 0.262 e. The molecule has 0 atom stereocenters. The van der Waals surface area contributed by atoms with Crippen LogP contribution in [0.5, 0.6) is 0 Å². The highest BCUT2D eigenvalue weighted by Gasteiger charge is 2.14. The Hall–Kier alpha value is -2.38. The molecule has 1 heterocycles. The van der Waals surface area contributed by atoms with Crippen LogP contribution in [0.1, 0.15) is 18.9 Å². The lowest BCUT2D eigenvalue weighted by molar-refractivity contribution is -0.113. The van der Waals surface area contributed by atoms with Crippen molar-refractivity contribution >= 4 is 45.9 Å². The van der Waals surface area contributed by atoms with Crippen LogP contribution in [0.25, 0.3) is 10.9 Å². The van der Waals surface area contributed by atoms with Gasteiger partial charge in [-0.15, -0.1) is 0 Å². The molecule has 0 aliphatic heterocycles. The van der Waals surface area contributed by atoms with Crippen molar-refractivity contribution in [2.45, 2.75) is 32.0 Å². The molecule has 0 fully saturated rings. The average molecular weight is 420 g/mol. The maximum Gasteiger partial charge on any atom is 0.262 e. The number of thioether (sulfide) groups is 1. The number of aromatic nitrogens is 2. The molecule has 5 nitrogen and oxygen atoms in total. The number of halogens is 2. The van der Waals surface area contributed by atoms with Crippen molar-refractivity contribution < 1.29 is 9.18 Å². The number of hydrogen-bond acceptors (Lipinski definition) is 4. The number of amides is 1. The highest BCUT2D eigenvalue weighted by molar-refractivity contribution is 7.99. The van der Waals surface area contributed by atoms with E-state index in [2.05, 4.69) is 10.3 Å². The van der Waals surface area contributed by atoms with Crippen LogP contribution in [-0.4, -0.2) is 21.2 Å². The molecule has 3 rings (SSSR count). The van der Waals surface area contributed by atoms with Gasteiger partial charge in [-0.3, -0.25) is 14.2 Å². The summed E-state index contributed by atoms with van der Waals surface area (Å²) in [7, 11) is 0. The molecule has 0 spiro atoms. The molecule has 0 saturated heterocycles. The molecule has 0 unspecified atom stereocenters. The van der Waals surface area contributed by atoms with Gasteiger partial charge in [0.1, 0.15) is 5.82 Å². The molecule has 0 saturated carbocycles. The monoisotopic (exact) mass is 419 g/mol. The summed E-state index contributed by atoms with van der Waals surface area (Å²) in [6, 6.07) is 9.53. The summed E-state index contributed by atoms with van der Waals surface area (Å²) in [5, 5.41) is 3.94. The van der Waals surface area contributed by atoms with E-state index in [9.17, 15) is 14.0 Å². The zero-order valence-corrected chi connectivity index (χ0v) is 17.0. The number of anilines is 1. The Morgan fingerprint density at radius 1 is 1.29 bits per heavy atom. The second-order valence-corrected chi connectivity index (χ2v) is 7.71. The van der Waals surface area contributed by atoms with E-state index >= 15 is 0 Å². The fraction of sp³-hybridized carbons (Fsp3) is 0.250. The van der Waals surface area contributed by atoms with Gasteiger partial charge in [0.25, 0.3) is 5.56 Å². The fourth-order valence-corrected chi connectivity index (χ4v) is 3.73. The quantitative estimate of drug-likeness (QED) is 0.467. The van der Waals surface area contributed by atoms with Crippen LogP contribution in [0.3, 0.4) is 0 Å². The first-order chi connectivity index (χ1) is 13.4. The van der Waals surface area contributed by atoms with Gasteiger partial charge >= 0.3 is 0 Å². The molecule has 1 amide bonds. The van der Waals surface area contributed by atoms with Crippen molar-refractivity contribution in [3.63, 3.8) is 0 Å². The van der Waals surface area contributed by atoms with E-state index in [-0.39, 0.29) is 22.9 Å². The maximum atomic E-state index is 13.9. The van der Waals surface area contributed by atoms with Crippen LogP contribution >= 0.6 is 23.4 Å². The van der Waals surface area contributed by atoms with Crippen molar-refractivity contribution in [1.82, 2.24) is 9.55 Å². The molecule has 8 heteroatoms. The molecule has 0 bridgehead atoms. The molecule has 0 aliphatic rings. The molecule has 1 N–H and O–H groups in total. The normalized spacial score (nSPS) is 11.0. The van der Waals surface area contributed by atoms with Gasteiger partial charge < -0.3 is 5.32 Å². The molecule has 2 aromatic carbocycles. The fourth-order valence-electron chi connectivity index (χ4n) is 2.74. The summed E-state index contributed by atoms with van der Waals surface area (Å²) in [6.45, 7) is 4.22. The second-order valence-electron chi connectivity index (χ2n) is 6.33. The van der Waals surface area contributed by atoms with Crippen LogP contribution in [0.15, 0.2) is 46.3 Å². The molecule has 1 aromatic heterocycles. The van der Waals surface area contributed by atoms with Crippen molar-refractivity contribution in [2.75, 3.05) is 11.1 Å². The summed E-state index contributed by atoms with van der Waals surface area (Å²) in [4.78, 5) is 29.6. The van der Waals surface area contributed by atoms with Crippen molar-refractivity contribution in [1.29, 1.82) is 0 Å². The van der Waals surface area contributed by atoms with Crippen LogP contribution in [-0.2, 0) is 11.3 Å². The third-order valence-electron chi connectivity index (χ3n) is 4.06. The third kappa shape index (κ3) is 4.54. The van der Waals surface area contributed by atoms with Crippen LogP contribution in [0.2, 0.25) is 5.02 Å². The maximum absolute atomic E-state index is 13.9. The first kappa shape index (κ1) is 20.4. The number of fused-ring (bicyclic) bond motifs is 1. The van der Waals surface area contributed by atoms with Gasteiger partial charge in [-0.2, -0.15) is 0 Å². The van der Waals surface area contributed by atoms with Gasteiger partial charge in [-0.1, -0.05) is 36.4 Å². The Morgan fingerprint density at radius 3 is 2.79 bits per heavy atom. The number of rotatable bonds is 6. The number of carbonyl (C=O) groups excluding carboxylic acids is 1. The van der Waals surface area contributed by atoms with Crippen molar-refractivity contribution in [3.05, 3.63) is 63.2 Å². The Morgan fingerprint density at radius 2 is 2.07 bits per heavy atom. The van der Waals surface area contributed by atoms with Crippen molar-refractivity contribution in [2.24, 2.45) is 0 Å². The van der Waals surface area contributed by atoms with E-state index in [1.54, 1.807) is 35.8 Å². The molecular weight excluding hydrogens is 401 g/mol. The van der Waals surface area contributed by atoms with Crippen LogP contribution < -0.4 is 10.9 Å². The lowest BCUT2D eigenvalue weighted by atomic mass is 10.2. The summed E-state index contributed by atoms with van der Waals surface area (Å²) >= 11 is 7.15. The highest BCUT2D eigenvalue weighted by Crippen LogP contribution is 2.21. The van der Waals surface area contributed by atoms with Gasteiger partial charge in [0, 0.05) is 11.6 Å². The lowest BCUT2D eigenvalue weighted by Gasteiger charge is -2.12. The Labute approximate surface area is 170 Å². The van der Waals surface area contributed by atoms with Gasteiger partial charge in [0.05, 0.1) is 22.3 Å². The minimum Gasteiger partial charge on any atom is -0.323 e. The van der Waals surface area contributed by atoms with Crippen molar-refractivity contribution in [3.8, 4) is 0 Å². The van der Waals surface area contributed by atoms with E-state index in [0.717, 1.165) is 23.7 Å². The molecule has 3 aromatic rings. The number of aryl methyl sites for hydroxylation is 1. The largest absolute Gasteiger partial charge is 0.323 e. The number of nitrogens with one attached hydrogen (secondary N) is 1. The topological polar surface area (TPSA) is 64.0 Å². The second kappa shape index (κ2) is 8.75. The summed E-state index contributed by atoms with van der Waals surface area (Å²) in [5.41, 5.74) is 1.21. The van der Waals surface area contributed by atoms with Crippen LogP contribution in [0, 0.1) is 12.7 Å². The number of hydrogen-bond donors (Lipinski definition) is 1. The van der Waals surface area contributed by atoms with E-state index in [4.69, 9.17) is 11.6 Å². The zero-order chi connectivity index (χ0) is 20.3. The van der Waals surface area contributed by atoms with Gasteiger partial charge in [-0.05, 0) is 49.2 Å². The van der Waals surface area contributed by atoms with Crippen LogP contribution in [0.4, 0.5) is 10.1 Å². The van der Waals surface area contributed by atoms with E-state index < -0.39 is 5.82 Å². The first-order valence-corrected chi connectivity index (χ1v) is 10.1. The third-order valence-corrected chi connectivity index (χ3v) is 5.27. The summed E-state index contributed by atoms with van der Waals surface area (Å²) in [5.74, 6) is -0.869. The molecule has 0 aliphatic carbocycles. The first-order valence-electron chi connectivity index (χ1n) is 8.78. The molecule has 28 heavy (non-hydrogen) atoms. The SMILES string of the molecule is CCCn1c(SCC(=O)Nc2ccc(C)cc2F)nc2cc(Cl)ccc2c1=O. The van der Waals surface area contributed by atoms with E-state index in [0.29, 0.717) is 27.6 Å². The predicted octanol–water partition coefficient (Wildman–Crippen LogP) is 4.64. The average Bonchev–Trinajstić information content (AvgIpc) is 2.65. The molecule has 146 valence electrons. The number of benzene rings is 2. The molecule has 0 radical (unpaired) electrons. The lowest BCUT2D eigenvalue weighted by Crippen LogP contribution is -2.24. The summed E-state index contributed by atoms with van der Waals surface area (Å²) < 4.78 is 15.5. The highest BCUT2D eigenvalue weighted by atomic mass is 35.5. The van der Waals surface area contributed by atoms with Gasteiger partial charge in [0.15, 0.2) is 5.16 Å². The van der Waals surface area contributed by atoms with E-state index in [1.165, 1.54) is 12.1 Å². The molecular formula is C20H19ClFN3O2S. The minimum absolute atomic E-state index is 0.00442. The predicted molar refractivity (Wildman–Crippen MR) is 112 cm³/mol. The van der Waals surface area contributed by atoms with Gasteiger partial charge in [0.2, 0.25) is 5.91 Å². The standard InChI is InChI=1S/C20H19ClFN3O2S/c1-3-8-25-19(27)14-6-5-13(21)10-17(14)24-20(25)28-11-18(26)23-16-7-4-12(2)9-15(16)22/h4-7,9-10H,3,8,11H2,1-2H3,(H,23,26). The Kier molecular flexibility index (Phi) is 6.36. The van der Waals surface area contributed by atoms with Gasteiger partial charge in [-0.25, -0.2) is 9.37 Å².